The van der Waals surface area contributed by atoms with Gasteiger partial charge in [0, 0.05) is 19.6 Å². The number of unbranched alkanes of at least 4 members (excludes halogenated alkanes) is 1. The minimum absolute atomic E-state index is 0.0184. The van der Waals surface area contributed by atoms with Crippen molar-refractivity contribution in [2.75, 3.05) is 19.6 Å². The third-order valence-corrected chi connectivity index (χ3v) is 5.61. The summed E-state index contributed by atoms with van der Waals surface area (Å²) in [5, 5.41) is 14.9. The molecule has 0 unspecified atom stereocenters. The van der Waals surface area contributed by atoms with E-state index in [1.54, 1.807) is 0 Å². The number of amides is 2. The van der Waals surface area contributed by atoms with Crippen molar-refractivity contribution in [3.8, 4) is 0 Å². The third kappa shape index (κ3) is 4.33. The quantitative estimate of drug-likeness (QED) is 0.755. The largest absolute Gasteiger partial charge is 0.380 e. The molecule has 0 saturated carbocycles. The van der Waals surface area contributed by atoms with Gasteiger partial charge in [0.05, 0.1) is 0 Å². The molecular weight excluding hydrogens is 336 g/mol. The van der Waals surface area contributed by atoms with Gasteiger partial charge < -0.3 is 15.3 Å². The summed E-state index contributed by atoms with van der Waals surface area (Å²) in [7, 11) is 0. The van der Waals surface area contributed by atoms with Crippen molar-refractivity contribution in [2.45, 2.75) is 38.2 Å². The van der Waals surface area contributed by atoms with Crippen LogP contribution in [0.25, 0.3) is 0 Å². The lowest BCUT2D eigenvalue weighted by molar-refractivity contribution is -0.00923. The minimum atomic E-state index is -1.03. The van der Waals surface area contributed by atoms with Crippen LogP contribution in [0, 0.1) is 5.92 Å². The zero-order chi connectivity index (χ0) is 19.1. The average molecular weight is 367 g/mol. The van der Waals surface area contributed by atoms with Gasteiger partial charge in [0.2, 0.25) is 0 Å². The van der Waals surface area contributed by atoms with Crippen LogP contribution in [0.4, 0.5) is 4.79 Å². The lowest BCUT2D eigenvalue weighted by Gasteiger charge is -2.42. The summed E-state index contributed by atoms with van der Waals surface area (Å²) < 4.78 is 0. The molecule has 2 aromatic carbocycles. The fourth-order valence-electron chi connectivity index (χ4n) is 4.01. The van der Waals surface area contributed by atoms with Crippen molar-refractivity contribution in [1.29, 1.82) is 0 Å². The molecule has 0 bridgehead atoms. The van der Waals surface area contributed by atoms with Crippen molar-refractivity contribution >= 4 is 6.03 Å². The molecule has 2 amide bonds. The predicted octanol–water partition coefficient (Wildman–Crippen LogP) is 4.14. The van der Waals surface area contributed by atoms with E-state index in [2.05, 4.69) is 12.2 Å². The fourth-order valence-corrected chi connectivity index (χ4v) is 4.01. The van der Waals surface area contributed by atoms with Gasteiger partial charge in [0.15, 0.2) is 0 Å². The molecule has 0 aromatic heterocycles. The maximum Gasteiger partial charge on any atom is 0.317 e. The molecular formula is C23H30N2O2. The number of hydrogen-bond acceptors (Lipinski definition) is 2. The third-order valence-electron chi connectivity index (χ3n) is 5.61. The van der Waals surface area contributed by atoms with E-state index >= 15 is 0 Å². The molecule has 0 spiro atoms. The van der Waals surface area contributed by atoms with E-state index in [1.807, 2.05) is 65.6 Å². The van der Waals surface area contributed by atoms with Crippen LogP contribution in [-0.2, 0) is 5.60 Å². The maximum absolute atomic E-state index is 12.3. The normalized spacial score (nSPS) is 15.6. The molecule has 0 atom stereocenters. The highest BCUT2D eigenvalue weighted by Gasteiger charge is 2.41. The SMILES string of the molecule is CCCCNC(=O)N1CCC(C(O)(c2ccccc2)c2ccccc2)CC1. The van der Waals surface area contributed by atoms with Gasteiger partial charge in [-0.1, -0.05) is 74.0 Å². The van der Waals surface area contributed by atoms with E-state index in [0.717, 1.165) is 43.4 Å². The Kier molecular flexibility index (Phi) is 6.51. The van der Waals surface area contributed by atoms with Gasteiger partial charge in [-0.2, -0.15) is 0 Å². The van der Waals surface area contributed by atoms with Crippen LogP contribution in [0.3, 0.4) is 0 Å². The number of carbonyl (C=O) groups is 1. The molecule has 0 aliphatic carbocycles. The Balaban J connectivity index is 1.75. The molecule has 3 rings (SSSR count). The summed E-state index contributed by atoms with van der Waals surface area (Å²) in [6.07, 6.45) is 3.64. The van der Waals surface area contributed by atoms with Gasteiger partial charge in [-0.25, -0.2) is 4.79 Å². The van der Waals surface area contributed by atoms with E-state index in [1.165, 1.54) is 0 Å². The number of nitrogens with one attached hydrogen (secondary N) is 1. The summed E-state index contributed by atoms with van der Waals surface area (Å²) in [4.78, 5) is 14.2. The molecule has 144 valence electrons. The van der Waals surface area contributed by atoms with E-state index < -0.39 is 5.60 Å². The van der Waals surface area contributed by atoms with Crippen LogP contribution < -0.4 is 5.32 Å². The van der Waals surface area contributed by atoms with Crippen molar-refractivity contribution < 1.29 is 9.90 Å². The first-order valence-electron chi connectivity index (χ1n) is 10.0. The average Bonchev–Trinajstić information content (AvgIpc) is 2.74. The van der Waals surface area contributed by atoms with Crippen LogP contribution in [0.2, 0.25) is 0 Å². The molecule has 1 saturated heterocycles. The van der Waals surface area contributed by atoms with E-state index in [9.17, 15) is 9.90 Å². The van der Waals surface area contributed by atoms with Gasteiger partial charge >= 0.3 is 6.03 Å². The number of hydrogen-bond donors (Lipinski definition) is 2. The minimum Gasteiger partial charge on any atom is -0.380 e. The Bertz CT molecular complexity index is 670. The van der Waals surface area contributed by atoms with Crippen LogP contribution in [0.5, 0.6) is 0 Å². The number of likely N-dealkylation sites (tertiary alicyclic amines) is 1. The first kappa shape index (κ1) is 19.4. The number of nitrogens with zero attached hydrogens (tertiary/aromatic N) is 1. The van der Waals surface area contributed by atoms with Crippen LogP contribution in [-0.4, -0.2) is 35.7 Å². The smallest absolute Gasteiger partial charge is 0.317 e. The second-order valence-corrected chi connectivity index (χ2v) is 7.35. The van der Waals surface area contributed by atoms with E-state index in [0.29, 0.717) is 13.1 Å². The number of aliphatic hydroxyl groups is 1. The highest BCUT2D eigenvalue weighted by Crippen LogP contribution is 2.41. The van der Waals surface area contributed by atoms with E-state index in [-0.39, 0.29) is 11.9 Å². The molecule has 1 aliphatic rings. The molecule has 4 heteroatoms. The van der Waals surface area contributed by atoms with Crippen LogP contribution >= 0.6 is 0 Å². The van der Waals surface area contributed by atoms with Gasteiger partial charge in [-0.15, -0.1) is 0 Å². The number of urea groups is 1. The van der Waals surface area contributed by atoms with Crippen LogP contribution in [0.1, 0.15) is 43.7 Å². The summed E-state index contributed by atoms with van der Waals surface area (Å²) >= 11 is 0. The topological polar surface area (TPSA) is 52.6 Å². The van der Waals surface area contributed by atoms with Crippen molar-refractivity contribution in [3.05, 3.63) is 71.8 Å². The van der Waals surface area contributed by atoms with Gasteiger partial charge in [-0.3, -0.25) is 0 Å². The molecule has 27 heavy (non-hydrogen) atoms. The first-order valence-corrected chi connectivity index (χ1v) is 10.0. The molecule has 1 fully saturated rings. The number of benzene rings is 2. The van der Waals surface area contributed by atoms with Gasteiger partial charge in [-0.05, 0) is 36.3 Å². The Labute approximate surface area is 162 Å². The summed E-state index contributed by atoms with van der Waals surface area (Å²) in [5.74, 6) is 0.0713. The summed E-state index contributed by atoms with van der Waals surface area (Å²) in [6.45, 7) is 4.19. The zero-order valence-corrected chi connectivity index (χ0v) is 16.1. The molecule has 0 radical (unpaired) electrons. The maximum atomic E-state index is 12.3. The molecule has 2 aromatic rings. The zero-order valence-electron chi connectivity index (χ0n) is 16.1. The predicted molar refractivity (Wildman–Crippen MR) is 108 cm³/mol. The fraction of sp³-hybridized carbons (Fsp3) is 0.435. The number of rotatable bonds is 6. The van der Waals surface area contributed by atoms with Crippen molar-refractivity contribution in [1.82, 2.24) is 10.2 Å². The highest BCUT2D eigenvalue weighted by molar-refractivity contribution is 5.74. The first-order chi connectivity index (χ1) is 13.2. The van der Waals surface area contributed by atoms with Crippen LogP contribution in [0.15, 0.2) is 60.7 Å². The lowest BCUT2D eigenvalue weighted by Crippen LogP contribution is -2.48. The van der Waals surface area contributed by atoms with Crippen molar-refractivity contribution in [2.24, 2.45) is 5.92 Å². The summed E-state index contributed by atoms with van der Waals surface area (Å²) in [6, 6.07) is 19.8. The number of piperidine rings is 1. The van der Waals surface area contributed by atoms with Crippen molar-refractivity contribution in [3.63, 3.8) is 0 Å². The lowest BCUT2D eigenvalue weighted by atomic mass is 9.72. The highest BCUT2D eigenvalue weighted by atomic mass is 16.3. The molecule has 2 N–H and O–H groups in total. The Morgan fingerprint density at radius 3 is 2.04 bits per heavy atom. The molecule has 1 heterocycles. The second kappa shape index (κ2) is 9.05. The van der Waals surface area contributed by atoms with Gasteiger partial charge in [0.25, 0.3) is 0 Å². The molecule has 1 aliphatic heterocycles. The van der Waals surface area contributed by atoms with E-state index in [4.69, 9.17) is 0 Å². The van der Waals surface area contributed by atoms with Gasteiger partial charge in [0.1, 0.15) is 5.60 Å². The molecule has 4 nitrogen and oxygen atoms in total. The second-order valence-electron chi connectivity index (χ2n) is 7.35. The Hall–Kier alpha value is -2.33. The number of carbonyl (C=O) groups excluding carboxylic acids is 1. The summed E-state index contributed by atoms with van der Waals surface area (Å²) in [5.41, 5.74) is 0.803. The standard InChI is InChI=1S/C23H30N2O2/c1-2-3-16-24-22(26)25-17-14-21(15-18-25)23(27,19-10-6-4-7-11-19)20-12-8-5-9-13-20/h4-13,21,27H,2-3,14-18H2,1H3,(H,24,26). The Morgan fingerprint density at radius 1 is 1.04 bits per heavy atom. The monoisotopic (exact) mass is 366 g/mol. The Morgan fingerprint density at radius 2 is 1.56 bits per heavy atom.